The molecule has 21 heavy (non-hydrogen) atoms. The highest BCUT2D eigenvalue weighted by molar-refractivity contribution is 6.31. The Labute approximate surface area is 131 Å². The van der Waals surface area contributed by atoms with Crippen LogP contribution in [-0.2, 0) is 17.8 Å². The van der Waals surface area contributed by atoms with E-state index in [1.165, 1.54) is 11.1 Å². The summed E-state index contributed by atoms with van der Waals surface area (Å²) in [5.74, 6) is 0. The number of hydrogen-bond acceptors (Lipinski definition) is 2. The van der Waals surface area contributed by atoms with E-state index in [1.807, 2.05) is 44.2 Å². The highest BCUT2D eigenvalue weighted by atomic mass is 35.5. The molecule has 2 rings (SSSR count). The lowest BCUT2D eigenvalue weighted by Crippen LogP contribution is -2.36. The van der Waals surface area contributed by atoms with Crippen LogP contribution in [0.2, 0.25) is 5.02 Å². The summed E-state index contributed by atoms with van der Waals surface area (Å²) < 4.78 is 5.86. The molecule has 0 amide bonds. The largest absolute Gasteiger partial charge is 0.372 e. The van der Waals surface area contributed by atoms with Gasteiger partial charge in [-0.05, 0) is 43.0 Å². The van der Waals surface area contributed by atoms with Crippen molar-refractivity contribution in [2.45, 2.75) is 39.0 Å². The Morgan fingerprint density at radius 1 is 1.10 bits per heavy atom. The fraction of sp³-hybridized carbons (Fsp3) is 0.333. The van der Waals surface area contributed by atoms with Crippen LogP contribution in [0.3, 0.4) is 0 Å². The van der Waals surface area contributed by atoms with Gasteiger partial charge in [-0.1, -0.05) is 54.1 Å². The molecule has 2 atom stereocenters. The Bertz CT molecular complexity index is 571. The van der Waals surface area contributed by atoms with Crippen molar-refractivity contribution in [2.24, 2.45) is 5.73 Å². The van der Waals surface area contributed by atoms with E-state index < -0.39 is 0 Å². The molecule has 2 aromatic carbocycles. The normalized spacial score (nSPS) is 13.9. The van der Waals surface area contributed by atoms with E-state index in [2.05, 4.69) is 18.2 Å². The highest BCUT2D eigenvalue weighted by Crippen LogP contribution is 2.18. The molecule has 0 aliphatic rings. The van der Waals surface area contributed by atoms with Crippen molar-refractivity contribution in [1.29, 1.82) is 0 Å². The summed E-state index contributed by atoms with van der Waals surface area (Å²) in [5, 5.41) is 0.792. The second kappa shape index (κ2) is 7.60. The number of rotatable bonds is 6. The van der Waals surface area contributed by atoms with Gasteiger partial charge in [0, 0.05) is 11.1 Å². The van der Waals surface area contributed by atoms with Crippen LogP contribution in [0, 0.1) is 6.92 Å². The summed E-state index contributed by atoms with van der Waals surface area (Å²) in [7, 11) is 0. The smallest absolute Gasteiger partial charge is 0.0721 e. The van der Waals surface area contributed by atoms with Gasteiger partial charge in [0.1, 0.15) is 0 Å². The van der Waals surface area contributed by atoms with Crippen LogP contribution in [-0.4, -0.2) is 12.1 Å². The number of halogens is 1. The number of aryl methyl sites for hydroxylation is 1. The van der Waals surface area contributed by atoms with Crippen LogP contribution in [0.1, 0.15) is 23.6 Å². The predicted molar refractivity (Wildman–Crippen MR) is 88.6 cm³/mol. The molecule has 0 radical (unpaired) electrons. The second-order valence-electron chi connectivity index (χ2n) is 5.45. The van der Waals surface area contributed by atoms with E-state index in [-0.39, 0.29) is 12.1 Å². The number of ether oxygens (including phenoxy) is 1. The van der Waals surface area contributed by atoms with Crippen LogP contribution < -0.4 is 5.73 Å². The molecule has 2 aromatic rings. The van der Waals surface area contributed by atoms with E-state index in [4.69, 9.17) is 22.1 Å². The standard InChI is InChI=1S/C18H22ClNO/c1-13-10-16(8-9-17(13)19)11-18(20)14(2)21-12-15-6-4-3-5-7-15/h3-10,14,18H,11-12,20H2,1-2H3. The second-order valence-corrected chi connectivity index (χ2v) is 5.86. The molecule has 0 fully saturated rings. The lowest BCUT2D eigenvalue weighted by Gasteiger charge is -2.21. The molecule has 0 spiro atoms. The van der Waals surface area contributed by atoms with E-state index in [9.17, 15) is 0 Å². The molecule has 0 heterocycles. The van der Waals surface area contributed by atoms with Gasteiger partial charge in [0.2, 0.25) is 0 Å². The molecule has 0 aliphatic heterocycles. The first-order valence-electron chi connectivity index (χ1n) is 7.22. The van der Waals surface area contributed by atoms with Crippen LogP contribution in [0.25, 0.3) is 0 Å². The van der Waals surface area contributed by atoms with Crippen LogP contribution in [0.15, 0.2) is 48.5 Å². The summed E-state index contributed by atoms with van der Waals surface area (Å²) in [5.41, 5.74) is 9.69. The summed E-state index contributed by atoms with van der Waals surface area (Å²) in [6.45, 7) is 4.62. The van der Waals surface area contributed by atoms with Crippen molar-refractivity contribution in [2.75, 3.05) is 0 Å². The third-order valence-electron chi connectivity index (χ3n) is 3.65. The fourth-order valence-corrected chi connectivity index (χ4v) is 2.31. The maximum Gasteiger partial charge on any atom is 0.0721 e. The van der Waals surface area contributed by atoms with Crippen molar-refractivity contribution in [3.63, 3.8) is 0 Å². The number of nitrogens with two attached hydrogens (primary N) is 1. The number of benzene rings is 2. The fourth-order valence-electron chi connectivity index (χ4n) is 2.20. The first kappa shape index (κ1) is 16.0. The van der Waals surface area contributed by atoms with Gasteiger partial charge < -0.3 is 10.5 Å². The molecular formula is C18H22ClNO. The Balaban J connectivity index is 1.87. The Kier molecular flexibility index (Phi) is 5.80. The Morgan fingerprint density at radius 2 is 1.81 bits per heavy atom. The van der Waals surface area contributed by atoms with Gasteiger partial charge in [-0.15, -0.1) is 0 Å². The molecule has 0 bridgehead atoms. The van der Waals surface area contributed by atoms with Gasteiger partial charge in [0.15, 0.2) is 0 Å². The Morgan fingerprint density at radius 3 is 2.48 bits per heavy atom. The monoisotopic (exact) mass is 303 g/mol. The Hall–Kier alpha value is -1.35. The van der Waals surface area contributed by atoms with Gasteiger partial charge in [-0.2, -0.15) is 0 Å². The number of hydrogen-bond donors (Lipinski definition) is 1. The molecule has 112 valence electrons. The lowest BCUT2D eigenvalue weighted by atomic mass is 10.0. The summed E-state index contributed by atoms with van der Waals surface area (Å²) in [4.78, 5) is 0. The molecule has 2 nitrogen and oxygen atoms in total. The highest BCUT2D eigenvalue weighted by Gasteiger charge is 2.14. The van der Waals surface area contributed by atoms with E-state index in [0.717, 1.165) is 17.0 Å². The average molecular weight is 304 g/mol. The van der Waals surface area contributed by atoms with E-state index >= 15 is 0 Å². The molecule has 0 saturated carbocycles. The maximum absolute atomic E-state index is 6.24. The molecule has 0 aromatic heterocycles. The first-order valence-corrected chi connectivity index (χ1v) is 7.60. The first-order chi connectivity index (χ1) is 10.1. The zero-order valence-corrected chi connectivity index (χ0v) is 13.3. The van der Waals surface area contributed by atoms with Crippen LogP contribution in [0.4, 0.5) is 0 Å². The predicted octanol–water partition coefficient (Wildman–Crippen LogP) is 4.12. The van der Waals surface area contributed by atoms with Crippen molar-refractivity contribution >= 4 is 11.6 Å². The van der Waals surface area contributed by atoms with Crippen molar-refractivity contribution in [3.8, 4) is 0 Å². The summed E-state index contributed by atoms with van der Waals surface area (Å²) in [6.07, 6.45) is 0.787. The summed E-state index contributed by atoms with van der Waals surface area (Å²) >= 11 is 6.04. The molecular weight excluding hydrogens is 282 g/mol. The van der Waals surface area contributed by atoms with Crippen molar-refractivity contribution < 1.29 is 4.74 Å². The third-order valence-corrected chi connectivity index (χ3v) is 4.08. The van der Waals surface area contributed by atoms with E-state index in [1.54, 1.807) is 0 Å². The molecule has 0 saturated heterocycles. The van der Waals surface area contributed by atoms with Gasteiger partial charge in [0.25, 0.3) is 0 Å². The topological polar surface area (TPSA) is 35.2 Å². The minimum Gasteiger partial charge on any atom is -0.372 e. The molecule has 0 aliphatic carbocycles. The van der Waals surface area contributed by atoms with E-state index in [0.29, 0.717) is 6.61 Å². The van der Waals surface area contributed by atoms with Crippen LogP contribution in [0.5, 0.6) is 0 Å². The quantitative estimate of drug-likeness (QED) is 0.871. The molecule has 2 N–H and O–H groups in total. The lowest BCUT2D eigenvalue weighted by molar-refractivity contribution is 0.0361. The molecule has 3 heteroatoms. The van der Waals surface area contributed by atoms with Crippen molar-refractivity contribution in [1.82, 2.24) is 0 Å². The van der Waals surface area contributed by atoms with Gasteiger partial charge in [-0.3, -0.25) is 0 Å². The maximum atomic E-state index is 6.24. The van der Waals surface area contributed by atoms with Crippen LogP contribution >= 0.6 is 11.6 Å². The van der Waals surface area contributed by atoms with Gasteiger partial charge in [0.05, 0.1) is 12.7 Å². The SMILES string of the molecule is Cc1cc(CC(N)C(C)OCc2ccccc2)ccc1Cl. The van der Waals surface area contributed by atoms with Gasteiger partial charge >= 0.3 is 0 Å². The zero-order chi connectivity index (χ0) is 15.2. The molecule has 2 unspecified atom stereocenters. The third kappa shape index (κ3) is 4.85. The van der Waals surface area contributed by atoms with Crippen molar-refractivity contribution in [3.05, 3.63) is 70.2 Å². The average Bonchev–Trinajstić information content (AvgIpc) is 2.49. The van der Waals surface area contributed by atoms with Gasteiger partial charge in [-0.25, -0.2) is 0 Å². The minimum atomic E-state index is -0.0331. The zero-order valence-electron chi connectivity index (χ0n) is 12.6. The summed E-state index contributed by atoms with van der Waals surface area (Å²) in [6, 6.07) is 16.1. The minimum absolute atomic E-state index is 0.00110.